The number of ether oxygens (including phenoxy) is 2. The van der Waals surface area contributed by atoms with E-state index in [1.54, 1.807) is 25.6 Å². The van der Waals surface area contributed by atoms with Gasteiger partial charge < -0.3 is 14.8 Å². The molecule has 1 aromatic heterocycles. The molecule has 0 amide bonds. The lowest BCUT2D eigenvalue weighted by Crippen LogP contribution is -1.95. The van der Waals surface area contributed by atoms with Crippen molar-refractivity contribution < 1.29 is 9.47 Å². The van der Waals surface area contributed by atoms with Gasteiger partial charge in [0.1, 0.15) is 11.5 Å². The standard InChI is InChI=1S/C18H18N2O2S.BrH/c1-12-4-6-13(7-5-12)16-11-23-18(20-16)19-15-10-14(21-2)8-9-17(15)22-3;/h4-11H,1-3H3,(H,19,20);1H. The van der Waals surface area contributed by atoms with Crippen LogP contribution in [-0.4, -0.2) is 19.2 Å². The van der Waals surface area contributed by atoms with E-state index >= 15 is 0 Å². The van der Waals surface area contributed by atoms with Crippen molar-refractivity contribution in [3.05, 3.63) is 53.4 Å². The van der Waals surface area contributed by atoms with Crippen LogP contribution in [0, 0.1) is 6.92 Å². The van der Waals surface area contributed by atoms with Crippen LogP contribution in [0.3, 0.4) is 0 Å². The molecule has 0 saturated heterocycles. The molecule has 3 rings (SSSR count). The van der Waals surface area contributed by atoms with Crippen LogP contribution in [-0.2, 0) is 0 Å². The Morgan fingerprint density at radius 2 is 1.75 bits per heavy atom. The van der Waals surface area contributed by atoms with Gasteiger partial charge in [0.05, 0.1) is 25.6 Å². The van der Waals surface area contributed by atoms with E-state index in [4.69, 9.17) is 9.47 Å². The molecule has 0 atom stereocenters. The number of thiazole rings is 1. The molecule has 24 heavy (non-hydrogen) atoms. The molecule has 0 bridgehead atoms. The highest BCUT2D eigenvalue weighted by molar-refractivity contribution is 8.93. The lowest BCUT2D eigenvalue weighted by Gasteiger charge is -2.10. The Kier molecular flexibility index (Phi) is 6.23. The summed E-state index contributed by atoms with van der Waals surface area (Å²) in [6.07, 6.45) is 0. The van der Waals surface area contributed by atoms with Gasteiger partial charge in [0.15, 0.2) is 5.13 Å². The number of hydrogen-bond acceptors (Lipinski definition) is 5. The first-order chi connectivity index (χ1) is 11.2. The van der Waals surface area contributed by atoms with E-state index in [0.717, 1.165) is 33.6 Å². The number of hydrogen-bond donors (Lipinski definition) is 1. The smallest absolute Gasteiger partial charge is 0.187 e. The van der Waals surface area contributed by atoms with Crippen LogP contribution in [0.2, 0.25) is 0 Å². The van der Waals surface area contributed by atoms with Crippen molar-refractivity contribution in [3.8, 4) is 22.8 Å². The highest BCUT2D eigenvalue weighted by Gasteiger charge is 2.09. The van der Waals surface area contributed by atoms with Gasteiger partial charge in [-0.25, -0.2) is 4.98 Å². The molecule has 0 radical (unpaired) electrons. The van der Waals surface area contributed by atoms with Gasteiger partial charge in [0.2, 0.25) is 0 Å². The van der Waals surface area contributed by atoms with E-state index in [1.807, 2.05) is 23.6 Å². The summed E-state index contributed by atoms with van der Waals surface area (Å²) >= 11 is 1.56. The second-order valence-electron chi connectivity index (χ2n) is 5.10. The van der Waals surface area contributed by atoms with Crippen molar-refractivity contribution in [1.82, 2.24) is 4.98 Å². The van der Waals surface area contributed by atoms with Crippen LogP contribution in [0.5, 0.6) is 11.5 Å². The average Bonchev–Trinajstić information content (AvgIpc) is 3.04. The predicted molar refractivity (Wildman–Crippen MR) is 105 cm³/mol. The molecule has 0 unspecified atom stereocenters. The molecule has 0 saturated carbocycles. The van der Waals surface area contributed by atoms with Gasteiger partial charge in [0.25, 0.3) is 0 Å². The fourth-order valence-corrected chi connectivity index (χ4v) is 2.95. The molecular formula is C18H19BrN2O2S. The highest BCUT2D eigenvalue weighted by Crippen LogP contribution is 2.33. The summed E-state index contributed by atoms with van der Waals surface area (Å²) in [4.78, 5) is 4.65. The van der Waals surface area contributed by atoms with Crippen LogP contribution >= 0.6 is 28.3 Å². The Bertz CT molecular complexity index is 803. The van der Waals surface area contributed by atoms with Crippen LogP contribution in [0.15, 0.2) is 47.8 Å². The molecule has 1 heterocycles. The summed E-state index contributed by atoms with van der Waals surface area (Å²) in [6, 6.07) is 14.0. The van der Waals surface area contributed by atoms with Crippen molar-refractivity contribution >= 4 is 39.1 Å². The Hall–Kier alpha value is -2.05. The van der Waals surface area contributed by atoms with Gasteiger partial charge in [-0.05, 0) is 19.1 Å². The second-order valence-corrected chi connectivity index (χ2v) is 5.95. The Morgan fingerprint density at radius 3 is 2.42 bits per heavy atom. The van der Waals surface area contributed by atoms with Gasteiger partial charge in [-0.2, -0.15) is 0 Å². The summed E-state index contributed by atoms with van der Waals surface area (Å²) in [5.74, 6) is 1.52. The van der Waals surface area contributed by atoms with Gasteiger partial charge in [-0.3, -0.25) is 0 Å². The maximum absolute atomic E-state index is 5.38. The van der Waals surface area contributed by atoms with Crippen molar-refractivity contribution in [2.24, 2.45) is 0 Å². The Balaban J connectivity index is 0.00000208. The normalized spacial score (nSPS) is 9.96. The topological polar surface area (TPSA) is 43.4 Å². The van der Waals surface area contributed by atoms with Crippen LogP contribution in [0.1, 0.15) is 5.56 Å². The Morgan fingerprint density at radius 1 is 1.00 bits per heavy atom. The number of nitrogens with one attached hydrogen (secondary N) is 1. The molecule has 126 valence electrons. The SMILES string of the molecule is Br.COc1ccc(OC)c(Nc2nc(-c3ccc(C)cc3)cs2)c1. The summed E-state index contributed by atoms with van der Waals surface area (Å²) in [6.45, 7) is 2.08. The molecule has 3 aromatic rings. The van der Waals surface area contributed by atoms with E-state index in [9.17, 15) is 0 Å². The number of aryl methyl sites for hydroxylation is 1. The van der Waals surface area contributed by atoms with Gasteiger partial charge in [-0.15, -0.1) is 28.3 Å². The van der Waals surface area contributed by atoms with E-state index in [0.29, 0.717) is 0 Å². The molecule has 6 heteroatoms. The van der Waals surface area contributed by atoms with E-state index in [2.05, 4.69) is 41.5 Å². The van der Waals surface area contributed by atoms with E-state index in [-0.39, 0.29) is 17.0 Å². The molecule has 4 nitrogen and oxygen atoms in total. The first-order valence-electron chi connectivity index (χ1n) is 7.21. The van der Waals surface area contributed by atoms with Crippen LogP contribution in [0.25, 0.3) is 11.3 Å². The average molecular weight is 407 g/mol. The first-order valence-corrected chi connectivity index (χ1v) is 8.09. The molecule has 0 aliphatic heterocycles. The van der Waals surface area contributed by atoms with Crippen molar-refractivity contribution in [3.63, 3.8) is 0 Å². The molecule has 0 spiro atoms. The van der Waals surface area contributed by atoms with Crippen molar-refractivity contribution in [2.45, 2.75) is 6.92 Å². The molecule has 0 aliphatic rings. The fraction of sp³-hybridized carbons (Fsp3) is 0.167. The first kappa shape index (κ1) is 18.3. The zero-order valence-corrected chi connectivity index (χ0v) is 16.2. The molecule has 0 aliphatic carbocycles. The highest BCUT2D eigenvalue weighted by atomic mass is 79.9. The molecule has 2 aromatic carbocycles. The summed E-state index contributed by atoms with van der Waals surface area (Å²) in [5.41, 5.74) is 4.14. The van der Waals surface area contributed by atoms with Crippen LogP contribution in [0.4, 0.5) is 10.8 Å². The lowest BCUT2D eigenvalue weighted by molar-refractivity contribution is 0.405. The molecule has 0 fully saturated rings. The number of anilines is 2. The zero-order valence-electron chi connectivity index (χ0n) is 13.7. The van der Waals surface area contributed by atoms with E-state index < -0.39 is 0 Å². The largest absolute Gasteiger partial charge is 0.497 e. The monoisotopic (exact) mass is 406 g/mol. The summed E-state index contributed by atoms with van der Waals surface area (Å²) in [7, 11) is 3.29. The number of benzene rings is 2. The van der Waals surface area contributed by atoms with Crippen molar-refractivity contribution in [1.29, 1.82) is 0 Å². The third-order valence-electron chi connectivity index (χ3n) is 3.50. The zero-order chi connectivity index (χ0) is 16.2. The van der Waals surface area contributed by atoms with Gasteiger partial charge in [0, 0.05) is 17.0 Å². The summed E-state index contributed by atoms with van der Waals surface area (Å²) < 4.78 is 10.6. The minimum Gasteiger partial charge on any atom is -0.497 e. The quantitative estimate of drug-likeness (QED) is 0.610. The Labute approximate surface area is 156 Å². The van der Waals surface area contributed by atoms with Gasteiger partial charge >= 0.3 is 0 Å². The third kappa shape index (κ3) is 4.07. The fourth-order valence-electron chi connectivity index (χ4n) is 2.22. The van der Waals surface area contributed by atoms with Gasteiger partial charge in [-0.1, -0.05) is 29.8 Å². The minimum absolute atomic E-state index is 0. The maximum atomic E-state index is 5.38. The van der Waals surface area contributed by atoms with Crippen molar-refractivity contribution in [2.75, 3.05) is 19.5 Å². The van der Waals surface area contributed by atoms with E-state index in [1.165, 1.54) is 5.56 Å². The molecule has 1 N–H and O–H groups in total. The van der Waals surface area contributed by atoms with Crippen LogP contribution < -0.4 is 14.8 Å². The third-order valence-corrected chi connectivity index (χ3v) is 4.26. The second kappa shape index (κ2) is 8.17. The number of nitrogens with zero attached hydrogens (tertiary/aromatic N) is 1. The molecular weight excluding hydrogens is 388 g/mol. The number of halogens is 1. The predicted octanol–water partition coefficient (Wildman–Crippen LogP) is 5.46. The summed E-state index contributed by atoms with van der Waals surface area (Å²) in [5, 5.41) is 6.16. The number of methoxy groups -OCH3 is 2. The lowest BCUT2D eigenvalue weighted by atomic mass is 10.1. The maximum Gasteiger partial charge on any atom is 0.187 e. The minimum atomic E-state index is 0. The number of rotatable bonds is 5. The number of aromatic nitrogens is 1.